The largest absolute Gasteiger partial charge is 0.488 e. The third kappa shape index (κ3) is 6.56. The zero-order chi connectivity index (χ0) is 19.9. The van der Waals surface area contributed by atoms with Crippen LogP contribution < -0.4 is 15.5 Å². The van der Waals surface area contributed by atoms with Crippen LogP contribution in [0.4, 0.5) is 5.69 Å². The van der Waals surface area contributed by atoms with Gasteiger partial charge in [0.2, 0.25) is 11.3 Å². The molecule has 0 aliphatic heterocycles. The van der Waals surface area contributed by atoms with Crippen molar-refractivity contribution >= 4 is 21.4 Å². The first-order valence-electron chi connectivity index (χ1n) is 8.76. The molecule has 0 fully saturated rings. The number of rotatable bonds is 9. The molecule has 2 rings (SSSR count). The molecule has 0 bridgehead atoms. The standard InChI is InChI=1S/C19H24N2O5S/c1-3-9-26-18-11-20-16(10-17(18)22)12-27(24,25)13-19(23)21-15-7-5-14(4-2)6-8-15/h5-8,10-11H,3-4,9,12-13H2,1-2H3,(H,20,22)(H,21,23). The van der Waals surface area contributed by atoms with E-state index in [9.17, 15) is 18.0 Å². The molecule has 0 spiro atoms. The molecule has 1 aromatic heterocycles. The Bertz CT molecular complexity index is 933. The van der Waals surface area contributed by atoms with E-state index in [-0.39, 0.29) is 11.4 Å². The fourth-order valence-corrected chi connectivity index (χ4v) is 3.63. The van der Waals surface area contributed by atoms with Gasteiger partial charge in [0.05, 0.1) is 12.4 Å². The van der Waals surface area contributed by atoms with Gasteiger partial charge in [-0.15, -0.1) is 0 Å². The molecule has 7 nitrogen and oxygen atoms in total. The van der Waals surface area contributed by atoms with Gasteiger partial charge in [0.25, 0.3) is 0 Å². The van der Waals surface area contributed by atoms with E-state index in [2.05, 4.69) is 10.3 Å². The lowest BCUT2D eigenvalue weighted by Gasteiger charge is -2.08. The minimum atomic E-state index is -3.74. The Morgan fingerprint density at radius 2 is 1.89 bits per heavy atom. The first kappa shape index (κ1) is 20.7. The van der Waals surface area contributed by atoms with Crippen LogP contribution in [0.2, 0.25) is 0 Å². The average Bonchev–Trinajstić information content (AvgIpc) is 2.60. The number of carbonyl (C=O) groups is 1. The second kappa shape index (κ2) is 9.36. The number of aryl methyl sites for hydroxylation is 1. The molecule has 1 amide bonds. The minimum Gasteiger partial charge on any atom is -0.488 e. The van der Waals surface area contributed by atoms with Crippen molar-refractivity contribution in [3.05, 3.63) is 58.0 Å². The van der Waals surface area contributed by atoms with Crippen molar-refractivity contribution in [3.63, 3.8) is 0 Å². The van der Waals surface area contributed by atoms with Gasteiger partial charge in [0.15, 0.2) is 15.6 Å². The number of nitrogens with one attached hydrogen (secondary N) is 2. The zero-order valence-corrected chi connectivity index (χ0v) is 16.3. The molecule has 0 radical (unpaired) electrons. The molecule has 0 saturated heterocycles. The number of sulfone groups is 1. The van der Waals surface area contributed by atoms with Crippen LogP contribution in [-0.4, -0.2) is 31.7 Å². The second-order valence-electron chi connectivity index (χ2n) is 6.17. The molecule has 0 unspecified atom stereocenters. The van der Waals surface area contributed by atoms with Crippen LogP contribution in [0.5, 0.6) is 5.75 Å². The number of hydrogen-bond acceptors (Lipinski definition) is 5. The van der Waals surface area contributed by atoms with E-state index in [0.717, 1.165) is 18.4 Å². The lowest BCUT2D eigenvalue weighted by Crippen LogP contribution is -2.24. The SMILES string of the molecule is CCCOc1c[nH]c(CS(=O)(=O)CC(=O)Nc2ccc(CC)cc2)cc1=O. The Kier molecular flexibility index (Phi) is 7.18. The van der Waals surface area contributed by atoms with Crippen LogP contribution in [-0.2, 0) is 26.8 Å². The third-order valence-corrected chi connectivity index (χ3v) is 5.22. The summed E-state index contributed by atoms with van der Waals surface area (Å²) < 4.78 is 29.8. The fourth-order valence-electron chi connectivity index (χ4n) is 2.42. The van der Waals surface area contributed by atoms with E-state index < -0.39 is 32.7 Å². The number of ether oxygens (including phenoxy) is 1. The number of carbonyl (C=O) groups excluding carboxylic acids is 1. The van der Waals surface area contributed by atoms with Crippen molar-refractivity contribution in [3.8, 4) is 5.75 Å². The summed E-state index contributed by atoms with van der Waals surface area (Å²) in [4.78, 5) is 26.7. The summed E-state index contributed by atoms with van der Waals surface area (Å²) >= 11 is 0. The minimum absolute atomic E-state index is 0.145. The van der Waals surface area contributed by atoms with Crippen molar-refractivity contribution in [2.45, 2.75) is 32.4 Å². The third-order valence-electron chi connectivity index (χ3n) is 3.77. The first-order valence-corrected chi connectivity index (χ1v) is 10.6. The van der Waals surface area contributed by atoms with E-state index in [0.29, 0.717) is 12.3 Å². The predicted octanol–water partition coefficient (Wildman–Crippen LogP) is 2.28. The van der Waals surface area contributed by atoms with Gasteiger partial charge in [-0.05, 0) is 30.5 Å². The number of hydrogen-bond donors (Lipinski definition) is 2. The van der Waals surface area contributed by atoms with Gasteiger partial charge >= 0.3 is 0 Å². The number of aromatic amines is 1. The molecule has 2 aromatic rings. The molecule has 2 N–H and O–H groups in total. The summed E-state index contributed by atoms with van der Waals surface area (Å²) in [6.07, 6.45) is 2.98. The van der Waals surface area contributed by atoms with Gasteiger partial charge in [-0.25, -0.2) is 8.42 Å². The molecule has 1 aromatic carbocycles. The van der Waals surface area contributed by atoms with E-state index in [1.54, 1.807) is 12.1 Å². The molecule has 146 valence electrons. The summed E-state index contributed by atoms with van der Waals surface area (Å²) in [6.45, 7) is 4.34. The van der Waals surface area contributed by atoms with Crippen molar-refractivity contribution in [2.24, 2.45) is 0 Å². The van der Waals surface area contributed by atoms with Crippen molar-refractivity contribution in [2.75, 3.05) is 17.7 Å². The molecule has 0 aliphatic rings. The quantitative estimate of drug-likeness (QED) is 0.681. The highest BCUT2D eigenvalue weighted by Gasteiger charge is 2.18. The maximum Gasteiger partial charge on any atom is 0.239 e. The van der Waals surface area contributed by atoms with Crippen LogP contribution in [0.1, 0.15) is 31.5 Å². The van der Waals surface area contributed by atoms with Crippen LogP contribution in [0.25, 0.3) is 0 Å². The van der Waals surface area contributed by atoms with Gasteiger partial charge in [-0.3, -0.25) is 9.59 Å². The van der Waals surface area contributed by atoms with Crippen LogP contribution in [0.3, 0.4) is 0 Å². The van der Waals surface area contributed by atoms with Crippen molar-refractivity contribution in [1.82, 2.24) is 4.98 Å². The Hall–Kier alpha value is -2.61. The first-order chi connectivity index (χ1) is 12.8. The predicted molar refractivity (Wildman–Crippen MR) is 105 cm³/mol. The van der Waals surface area contributed by atoms with E-state index >= 15 is 0 Å². The number of anilines is 1. The van der Waals surface area contributed by atoms with Crippen LogP contribution >= 0.6 is 0 Å². The average molecular weight is 392 g/mol. The summed E-state index contributed by atoms with van der Waals surface area (Å²) in [7, 11) is -3.74. The monoisotopic (exact) mass is 392 g/mol. The maximum absolute atomic E-state index is 12.3. The Labute approximate surface area is 158 Å². The molecule has 27 heavy (non-hydrogen) atoms. The van der Waals surface area contributed by atoms with E-state index in [1.165, 1.54) is 12.3 Å². The van der Waals surface area contributed by atoms with Crippen LogP contribution in [0.15, 0.2) is 41.3 Å². The number of benzene rings is 1. The van der Waals surface area contributed by atoms with E-state index in [4.69, 9.17) is 4.74 Å². The van der Waals surface area contributed by atoms with Crippen molar-refractivity contribution < 1.29 is 17.9 Å². The van der Waals surface area contributed by atoms with Gasteiger partial charge in [0, 0.05) is 23.6 Å². The summed E-state index contributed by atoms with van der Waals surface area (Å²) in [6, 6.07) is 8.39. The van der Waals surface area contributed by atoms with E-state index in [1.807, 2.05) is 26.0 Å². The molecular formula is C19H24N2O5S. The normalized spacial score (nSPS) is 11.2. The van der Waals surface area contributed by atoms with Crippen molar-refractivity contribution in [1.29, 1.82) is 0 Å². The molecule has 0 aliphatic carbocycles. The van der Waals surface area contributed by atoms with Crippen LogP contribution in [0, 0.1) is 0 Å². The maximum atomic E-state index is 12.3. The molecular weight excluding hydrogens is 368 g/mol. The Balaban J connectivity index is 1.98. The number of amides is 1. The number of aromatic nitrogens is 1. The Morgan fingerprint density at radius 1 is 1.19 bits per heavy atom. The zero-order valence-electron chi connectivity index (χ0n) is 15.4. The van der Waals surface area contributed by atoms with Gasteiger partial charge in [0.1, 0.15) is 5.75 Å². The summed E-state index contributed by atoms with van der Waals surface area (Å²) in [5, 5.41) is 2.57. The highest BCUT2D eigenvalue weighted by molar-refractivity contribution is 7.91. The summed E-state index contributed by atoms with van der Waals surface area (Å²) in [5.74, 6) is -1.58. The molecule has 0 saturated carbocycles. The summed E-state index contributed by atoms with van der Waals surface area (Å²) in [5.41, 5.74) is 1.48. The highest BCUT2D eigenvalue weighted by atomic mass is 32.2. The second-order valence-corrected chi connectivity index (χ2v) is 8.23. The number of H-pyrrole nitrogens is 1. The van der Waals surface area contributed by atoms with Gasteiger partial charge < -0.3 is 15.0 Å². The lowest BCUT2D eigenvalue weighted by molar-refractivity contribution is -0.113. The van der Waals surface area contributed by atoms with Gasteiger partial charge in [-0.2, -0.15) is 0 Å². The smallest absolute Gasteiger partial charge is 0.239 e. The molecule has 0 atom stereocenters. The highest BCUT2D eigenvalue weighted by Crippen LogP contribution is 2.11. The topological polar surface area (TPSA) is 105 Å². The number of pyridine rings is 1. The molecule has 8 heteroatoms. The van der Waals surface area contributed by atoms with Gasteiger partial charge in [-0.1, -0.05) is 26.0 Å². The molecule has 1 heterocycles. The Morgan fingerprint density at radius 3 is 2.48 bits per heavy atom. The fraction of sp³-hybridized carbons (Fsp3) is 0.368. The lowest BCUT2D eigenvalue weighted by atomic mass is 10.1.